The Balaban J connectivity index is 0.00000264. The number of amides is 2. The Labute approximate surface area is 143 Å². The van der Waals surface area contributed by atoms with Crippen molar-refractivity contribution in [3.05, 3.63) is 35.9 Å². The summed E-state index contributed by atoms with van der Waals surface area (Å²) >= 11 is 0. The minimum absolute atomic E-state index is 0. The molecule has 1 heterocycles. The van der Waals surface area contributed by atoms with Crippen LogP contribution in [-0.4, -0.2) is 67.9 Å². The summed E-state index contributed by atoms with van der Waals surface area (Å²) in [5, 5.41) is 5.38. The van der Waals surface area contributed by atoms with E-state index < -0.39 is 0 Å². The van der Waals surface area contributed by atoms with Crippen LogP contribution >= 0.6 is 12.4 Å². The summed E-state index contributed by atoms with van der Waals surface area (Å²) in [6.45, 7) is 4.40. The van der Waals surface area contributed by atoms with Crippen molar-refractivity contribution < 1.29 is 9.59 Å². The molecular formula is C16H25ClN4O2. The third-order valence-electron chi connectivity index (χ3n) is 3.75. The van der Waals surface area contributed by atoms with Crippen LogP contribution in [0.5, 0.6) is 0 Å². The molecule has 2 rings (SSSR count). The molecule has 0 aliphatic carbocycles. The molecule has 0 bridgehead atoms. The predicted octanol–water partition coefficient (Wildman–Crippen LogP) is 0.0882. The van der Waals surface area contributed by atoms with Crippen LogP contribution in [0.15, 0.2) is 30.3 Å². The van der Waals surface area contributed by atoms with Gasteiger partial charge in [0.15, 0.2) is 0 Å². The summed E-state index contributed by atoms with van der Waals surface area (Å²) < 4.78 is 0. The molecule has 23 heavy (non-hydrogen) atoms. The van der Waals surface area contributed by atoms with Crippen LogP contribution in [0, 0.1) is 0 Å². The fourth-order valence-corrected chi connectivity index (χ4v) is 2.51. The first-order valence-corrected chi connectivity index (χ1v) is 7.64. The molecule has 1 aromatic rings. The lowest BCUT2D eigenvalue weighted by molar-refractivity contribution is -0.134. The Kier molecular flexibility index (Phi) is 8.61. The van der Waals surface area contributed by atoms with Gasteiger partial charge in [0.2, 0.25) is 11.8 Å². The lowest BCUT2D eigenvalue weighted by Crippen LogP contribution is -2.51. The van der Waals surface area contributed by atoms with Crippen molar-refractivity contribution in [3.8, 4) is 0 Å². The van der Waals surface area contributed by atoms with Gasteiger partial charge in [-0.2, -0.15) is 0 Å². The maximum atomic E-state index is 12.0. The van der Waals surface area contributed by atoms with E-state index in [9.17, 15) is 9.59 Å². The van der Waals surface area contributed by atoms with Crippen LogP contribution in [0.4, 0.5) is 0 Å². The van der Waals surface area contributed by atoms with Crippen LogP contribution < -0.4 is 10.6 Å². The maximum Gasteiger partial charge on any atom is 0.242 e. The molecule has 1 aliphatic heterocycles. The predicted molar refractivity (Wildman–Crippen MR) is 92.5 cm³/mol. The SMILES string of the molecule is CNCC(=O)NCC(=O)N1CCN(Cc2ccccc2)CC1.Cl. The van der Waals surface area contributed by atoms with Gasteiger partial charge in [-0.1, -0.05) is 30.3 Å². The maximum absolute atomic E-state index is 12.0. The topological polar surface area (TPSA) is 64.7 Å². The molecule has 6 nitrogen and oxygen atoms in total. The zero-order chi connectivity index (χ0) is 15.8. The van der Waals surface area contributed by atoms with Gasteiger partial charge in [-0.15, -0.1) is 12.4 Å². The molecule has 0 atom stereocenters. The number of benzene rings is 1. The smallest absolute Gasteiger partial charge is 0.242 e. The van der Waals surface area contributed by atoms with Gasteiger partial charge in [0.25, 0.3) is 0 Å². The fraction of sp³-hybridized carbons (Fsp3) is 0.500. The minimum Gasteiger partial charge on any atom is -0.346 e. The largest absolute Gasteiger partial charge is 0.346 e. The van der Waals surface area contributed by atoms with E-state index in [1.165, 1.54) is 5.56 Å². The number of rotatable bonds is 6. The van der Waals surface area contributed by atoms with Crippen molar-refractivity contribution in [1.82, 2.24) is 20.4 Å². The number of piperazine rings is 1. The van der Waals surface area contributed by atoms with E-state index in [4.69, 9.17) is 0 Å². The highest BCUT2D eigenvalue weighted by Crippen LogP contribution is 2.08. The van der Waals surface area contributed by atoms with Gasteiger partial charge < -0.3 is 15.5 Å². The summed E-state index contributed by atoms with van der Waals surface area (Å²) in [5.74, 6) is -0.164. The number of hydrogen-bond donors (Lipinski definition) is 2. The molecule has 0 radical (unpaired) electrons. The summed E-state index contributed by atoms with van der Waals surface area (Å²) in [6.07, 6.45) is 0. The van der Waals surface area contributed by atoms with Gasteiger partial charge in [0.1, 0.15) is 0 Å². The second kappa shape index (κ2) is 10.2. The molecule has 0 unspecified atom stereocenters. The first-order chi connectivity index (χ1) is 10.7. The Morgan fingerprint density at radius 1 is 1.04 bits per heavy atom. The molecule has 0 aromatic heterocycles. The summed E-state index contributed by atoms with van der Waals surface area (Å²) in [4.78, 5) is 27.5. The number of nitrogens with zero attached hydrogens (tertiary/aromatic N) is 2. The normalized spacial score (nSPS) is 14.9. The average Bonchev–Trinajstić information content (AvgIpc) is 2.54. The summed E-state index contributed by atoms with van der Waals surface area (Å²) in [5.41, 5.74) is 1.29. The molecule has 1 aromatic carbocycles. The van der Waals surface area contributed by atoms with Crippen LogP contribution in [-0.2, 0) is 16.1 Å². The van der Waals surface area contributed by atoms with Crippen LogP contribution in [0.3, 0.4) is 0 Å². The first-order valence-electron chi connectivity index (χ1n) is 7.64. The second-order valence-electron chi connectivity index (χ2n) is 5.45. The van der Waals surface area contributed by atoms with E-state index in [2.05, 4.69) is 27.7 Å². The van der Waals surface area contributed by atoms with Crippen LogP contribution in [0.1, 0.15) is 5.56 Å². The highest BCUT2D eigenvalue weighted by atomic mass is 35.5. The number of carbonyl (C=O) groups excluding carboxylic acids is 2. The molecule has 0 spiro atoms. The second-order valence-corrected chi connectivity index (χ2v) is 5.45. The van der Waals surface area contributed by atoms with Gasteiger partial charge in [0.05, 0.1) is 13.1 Å². The molecule has 128 valence electrons. The Morgan fingerprint density at radius 2 is 1.70 bits per heavy atom. The zero-order valence-corrected chi connectivity index (χ0v) is 14.3. The number of halogens is 1. The number of hydrogen-bond acceptors (Lipinski definition) is 4. The van der Waals surface area contributed by atoms with E-state index >= 15 is 0 Å². The number of nitrogens with one attached hydrogen (secondary N) is 2. The van der Waals surface area contributed by atoms with Crippen molar-refractivity contribution in [1.29, 1.82) is 0 Å². The van der Waals surface area contributed by atoms with E-state index in [1.807, 2.05) is 23.1 Å². The van der Waals surface area contributed by atoms with Crippen LogP contribution in [0.25, 0.3) is 0 Å². The fourth-order valence-electron chi connectivity index (χ4n) is 2.51. The van der Waals surface area contributed by atoms with E-state index in [0.717, 1.165) is 19.6 Å². The number of likely N-dealkylation sites (N-methyl/N-ethyl adjacent to an activating group) is 1. The summed E-state index contributed by atoms with van der Waals surface area (Å²) in [6, 6.07) is 10.3. The third-order valence-corrected chi connectivity index (χ3v) is 3.75. The highest BCUT2D eigenvalue weighted by Gasteiger charge is 2.21. The molecule has 7 heteroatoms. The van der Waals surface area contributed by atoms with Crippen molar-refractivity contribution in [2.24, 2.45) is 0 Å². The quantitative estimate of drug-likeness (QED) is 0.770. The van der Waals surface area contributed by atoms with Gasteiger partial charge in [-0.3, -0.25) is 14.5 Å². The summed E-state index contributed by atoms with van der Waals surface area (Å²) in [7, 11) is 1.70. The monoisotopic (exact) mass is 340 g/mol. The molecule has 1 saturated heterocycles. The van der Waals surface area contributed by atoms with Gasteiger partial charge in [-0.05, 0) is 12.6 Å². The number of carbonyl (C=O) groups is 2. The lowest BCUT2D eigenvalue weighted by atomic mass is 10.2. The molecular weight excluding hydrogens is 316 g/mol. The van der Waals surface area contributed by atoms with Gasteiger partial charge >= 0.3 is 0 Å². The van der Waals surface area contributed by atoms with Crippen molar-refractivity contribution >= 4 is 24.2 Å². The Hall–Kier alpha value is -1.63. The molecule has 1 fully saturated rings. The standard InChI is InChI=1S/C16H24N4O2.ClH/c1-17-11-15(21)18-12-16(22)20-9-7-19(8-10-20)13-14-5-3-2-4-6-14;/h2-6,17H,7-13H2,1H3,(H,18,21);1H. The molecule has 2 N–H and O–H groups in total. The molecule has 0 saturated carbocycles. The van der Waals surface area contributed by atoms with Crippen molar-refractivity contribution in [2.45, 2.75) is 6.54 Å². The van der Waals surface area contributed by atoms with Crippen molar-refractivity contribution in [3.63, 3.8) is 0 Å². The zero-order valence-electron chi connectivity index (χ0n) is 13.5. The Morgan fingerprint density at radius 3 is 2.30 bits per heavy atom. The van der Waals surface area contributed by atoms with Crippen molar-refractivity contribution in [2.75, 3.05) is 46.3 Å². The molecule has 2 amide bonds. The van der Waals surface area contributed by atoms with E-state index in [-0.39, 0.29) is 37.3 Å². The lowest BCUT2D eigenvalue weighted by Gasteiger charge is -2.34. The highest BCUT2D eigenvalue weighted by molar-refractivity contribution is 5.86. The van der Waals surface area contributed by atoms with E-state index in [0.29, 0.717) is 13.1 Å². The third kappa shape index (κ3) is 6.56. The van der Waals surface area contributed by atoms with Crippen LogP contribution in [0.2, 0.25) is 0 Å². The minimum atomic E-state index is -0.154. The van der Waals surface area contributed by atoms with E-state index in [1.54, 1.807) is 7.05 Å². The Bertz CT molecular complexity index is 490. The first kappa shape index (κ1) is 19.4. The van der Waals surface area contributed by atoms with Gasteiger partial charge in [-0.25, -0.2) is 0 Å². The molecule has 1 aliphatic rings. The average molecular weight is 341 g/mol. The van der Waals surface area contributed by atoms with Gasteiger partial charge in [0, 0.05) is 32.7 Å².